The number of nitrogens with one attached hydrogen (secondary N) is 2. The molecule has 1 aliphatic rings. The molecular formula is C27H22FN5O2. The van der Waals surface area contributed by atoms with E-state index in [0.29, 0.717) is 33.6 Å². The van der Waals surface area contributed by atoms with E-state index >= 15 is 0 Å². The molecule has 4 heterocycles. The number of pyridine rings is 2. The molecule has 35 heavy (non-hydrogen) atoms. The third-order valence-electron chi connectivity index (χ3n) is 6.17. The molecule has 0 spiro atoms. The van der Waals surface area contributed by atoms with Crippen molar-refractivity contribution < 1.29 is 14.0 Å². The van der Waals surface area contributed by atoms with Gasteiger partial charge in [0.2, 0.25) is 5.91 Å². The molecule has 0 saturated heterocycles. The molecule has 0 fully saturated rings. The van der Waals surface area contributed by atoms with Crippen LogP contribution in [-0.2, 0) is 10.2 Å². The molecule has 0 saturated carbocycles. The fraction of sp³-hybridized carbons (Fsp3) is 0.185. The van der Waals surface area contributed by atoms with Gasteiger partial charge < -0.3 is 10.6 Å². The summed E-state index contributed by atoms with van der Waals surface area (Å²) >= 11 is 0. The van der Waals surface area contributed by atoms with Crippen LogP contribution >= 0.6 is 0 Å². The van der Waals surface area contributed by atoms with Crippen LogP contribution in [0.25, 0.3) is 5.52 Å². The van der Waals surface area contributed by atoms with Gasteiger partial charge in [-0.2, -0.15) is 5.10 Å². The number of nitrogens with zero attached hydrogens (tertiary/aromatic N) is 3. The van der Waals surface area contributed by atoms with Crippen LogP contribution in [0.1, 0.15) is 59.4 Å². The zero-order valence-corrected chi connectivity index (χ0v) is 19.4. The second-order valence-electron chi connectivity index (χ2n) is 9.00. The average molecular weight is 468 g/mol. The van der Waals surface area contributed by atoms with E-state index in [9.17, 15) is 14.0 Å². The van der Waals surface area contributed by atoms with Gasteiger partial charge in [-0.1, -0.05) is 24.0 Å². The summed E-state index contributed by atoms with van der Waals surface area (Å²) in [6.45, 7) is 5.50. The van der Waals surface area contributed by atoms with Gasteiger partial charge in [-0.15, -0.1) is 0 Å². The molecule has 5 rings (SSSR count). The number of hydrogen-bond donors (Lipinski definition) is 2. The molecule has 2 amide bonds. The highest BCUT2D eigenvalue weighted by molar-refractivity contribution is 6.04. The first-order chi connectivity index (χ1) is 16.7. The van der Waals surface area contributed by atoms with Gasteiger partial charge in [0.25, 0.3) is 5.91 Å². The van der Waals surface area contributed by atoms with E-state index < -0.39 is 5.41 Å². The first kappa shape index (κ1) is 22.3. The van der Waals surface area contributed by atoms with Crippen LogP contribution < -0.4 is 10.6 Å². The normalized spacial score (nSPS) is 14.6. The number of benzene rings is 1. The summed E-state index contributed by atoms with van der Waals surface area (Å²) in [6, 6.07) is 11.2. The molecule has 3 aromatic heterocycles. The maximum absolute atomic E-state index is 13.5. The van der Waals surface area contributed by atoms with Crippen LogP contribution in [0.5, 0.6) is 0 Å². The van der Waals surface area contributed by atoms with Crippen molar-refractivity contribution in [2.45, 2.75) is 32.2 Å². The number of aromatic nitrogens is 3. The summed E-state index contributed by atoms with van der Waals surface area (Å²) in [5, 5.41) is 9.93. The number of carbonyl (C=O) groups excluding carboxylic acids is 2. The van der Waals surface area contributed by atoms with Crippen molar-refractivity contribution >= 4 is 23.1 Å². The minimum atomic E-state index is -0.665. The number of halogens is 1. The monoisotopic (exact) mass is 467 g/mol. The largest absolute Gasteiger partial charge is 0.345 e. The second kappa shape index (κ2) is 8.37. The van der Waals surface area contributed by atoms with Gasteiger partial charge in [0.1, 0.15) is 11.6 Å². The van der Waals surface area contributed by atoms with E-state index in [1.807, 2.05) is 19.9 Å². The Bertz CT molecular complexity index is 1560. The third-order valence-corrected chi connectivity index (χ3v) is 6.17. The first-order valence-electron chi connectivity index (χ1n) is 11.1. The standard InChI is InChI=1S/C27H22FN5O2/c1-16(19-5-4-6-20(28)13-19)31-25(34)21-15-30-33-10-9-17(12-23(21)33)7-8-18-11-22-24(29-14-18)32-26(35)27(22,2)3/h4-6,9-16H,1-3H3,(H,31,34)(H,29,32,35)/t16-/m0/s1. The summed E-state index contributed by atoms with van der Waals surface area (Å²) in [5.74, 6) is 6.00. The minimum Gasteiger partial charge on any atom is -0.345 e. The Morgan fingerprint density at radius 2 is 1.94 bits per heavy atom. The molecule has 0 unspecified atom stereocenters. The van der Waals surface area contributed by atoms with Gasteiger partial charge in [0, 0.05) is 29.1 Å². The Balaban J connectivity index is 1.40. The Morgan fingerprint density at radius 3 is 2.74 bits per heavy atom. The summed E-state index contributed by atoms with van der Waals surface area (Å²) in [6.07, 6.45) is 4.85. The summed E-state index contributed by atoms with van der Waals surface area (Å²) in [7, 11) is 0. The predicted molar refractivity (Wildman–Crippen MR) is 129 cm³/mol. The van der Waals surface area contributed by atoms with Crippen LogP contribution in [0.4, 0.5) is 10.2 Å². The van der Waals surface area contributed by atoms with E-state index in [4.69, 9.17) is 0 Å². The topological polar surface area (TPSA) is 88.4 Å². The molecule has 2 N–H and O–H groups in total. The Kier molecular flexibility index (Phi) is 5.33. The van der Waals surface area contributed by atoms with Crippen molar-refractivity contribution in [3.05, 3.63) is 94.7 Å². The maximum Gasteiger partial charge on any atom is 0.255 e. The number of rotatable bonds is 3. The highest BCUT2D eigenvalue weighted by atomic mass is 19.1. The fourth-order valence-electron chi connectivity index (χ4n) is 4.01. The van der Waals surface area contributed by atoms with Gasteiger partial charge >= 0.3 is 0 Å². The van der Waals surface area contributed by atoms with E-state index in [2.05, 4.69) is 32.6 Å². The van der Waals surface area contributed by atoms with Crippen LogP contribution in [0, 0.1) is 17.7 Å². The van der Waals surface area contributed by atoms with Gasteiger partial charge in [-0.05, 0) is 56.7 Å². The zero-order chi connectivity index (χ0) is 24.7. The molecule has 1 atom stereocenters. The van der Waals surface area contributed by atoms with Gasteiger partial charge in [0.15, 0.2) is 0 Å². The van der Waals surface area contributed by atoms with Crippen LogP contribution in [-0.4, -0.2) is 26.4 Å². The molecule has 1 aromatic carbocycles. The van der Waals surface area contributed by atoms with Crippen molar-refractivity contribution in [3.8, 4) is 11.8 Å². The summed E-state index contributed by atoms with van der Waals surface area (Å²) < 4.78 is 15.1. The fourth-order valence-corrected chi connectivity index (χ4v) is 4.01. The van der Waals surface area contributed by atoms with Crippen molar-refractivity contribution in [1.82, 2.24) is 19.9 Å². The molecule has 0 radical (unpaired) electrons. The molecule has 1 aliphatic heterocycles. The molecule has 0 bridgehead atoms. The summed E-state index contributed by atoms with van der Waals surface area (Å²) in [4.78, 5) is 29.4. The zero-order valence-electron chi connectivity index (χ0n) is 19.4. The molecule has 4 aromatic rings. The van der Waals surface area contributed by atoms with Crippen molar-refractivity contribution in [2.75, 3.05) is 5.32 Å². The summed E-state index contributed by atoms with van der Waals surface area (Å²) in [5.41, 5.74) is 3.19. The molecule has 0 aliphatic carbocycles. The highest BCUT2D eigenvalue weighted by Gasteiger charge is 2.39. The highest BCUT2D eigenvalue weighted by Crippen LogP contribution is 2.36. The number of amides is 2. The predicted octanol–water partition coefficient (Wildman–Crippen LogP) is 3.99. The average Bonchev–Trinajstić information content (AvgIpc) is 3.35. The second-order valence-corrected chi connectivity index (χ2v) is 9.00. The lowest BCUT2D eigenvalue weighted by atomic mass is 9.86. The molecule has 8 heteroatoms. The maximum atomic E-state index is 13.5. The van der Waals surface area contributed by atoms with Crippen molar-refractivity contribution in [3.63, 3.8) is 0 Å². The number of fused-ring (bicyclic) bond motifs is 2. The molecule has 7 nitrogen and oxygen atoms in total. The Hall–Kier alpha value is -4.51. The van der Waals surface area contributed by atoms with E-state index in [0.717, 1.165) is 5.56 Å². The smallest absolute Gasteiger partial charge is 0.255 e. The lowest BCUT2D eigenvalue weighted by Gasteiger charge is -2.14. The number of carbonyl (C=O) groups is 2. The minimum absolute atomic E-state index is 0.0891. The third kappa shape index (κ3) is 4.13. The number of anilines is 1. The van der Waals surface area contributed by atoms with Gasteiger partial charge in [-0.25, -0.2) is 13.9 Å². The van der Waals surface area contributed by atoms with E-state index in [1.165, 1.54) is 18.3 Å². The van der Waals surface area contributed by atoms with Crippen LogP contribution in [0.3, 0.4) is 0 Å². The van der Waals surface area contributed by atoms with Crippen LogP contribution in [0.2, 0.25) is 0 Å². The van der Waals surface area contributed by atoms with Crippen LogP contribution in [0.15, 0.2) is 61.1 Å². The van der Waals surface area contributed by atoms with Gasteiger partial charge in [-0.3, -0.25) is 9.59 Å². The lowest BCUT2D eigenvalue weighted by molar-refractivity contribution is -0.119. The van der Waals surface area contributed by atoms with Crippen molar-refractivity contribution in [1.29, 1.82) is 0 Å². The lowest BCUT2D eigenvalue weighted by Crippen LogP contribution is -2.26. The SMILES string of the molecule is C[C@H](NC(=O)c1cnn2ccc(C#Cc3cnc4c(c3)C(C)(C)C(=O)N4)cc12)c1cccc(F)c1. The Labute approximate surface area is 201 Å². The van der Waals surface area contributed by atoms with E-state index in [1.54, 1.807) is 48.1 Å². The molecular weight excluding hydrogens is 445 g/mol. The van der Waals surface area contributed by atoms with Gasteiger partial charge in [0.05, 0.1) is 28.7 Å². The first-order valence-corrected chi connectivity index (χ1v) is 11.1. The molecule has 174 valence electrons. The van der Waals surface area contributed by atoms with E-state index in [-0.39, 0.29) is 23.7 Å². The Morgan fingerprint density at radius 1 is 1.14 bits per heavy atom. The quantitative estimate of drug-likeness (QED) is 0.446. The van der Waals surface area contributed by atoms with Crippen molar-refractivity contribution in [2.24, 2.45) is 0 Å². The number of hydrogen-bond acceptors (Lipinski definition) is 4.